The highest BCUT2D eigenvalue weighted by atomic mass is 16.7. The molecule has 0 radical (unpaired) electrons. The maximum atomic E-state index is 8.87. The summed E-state index contributed by atoms with van der Waals surface area (Å²) in [6.07, 6.45) is 1.35. The first-order valence-electron chi connectivity index (χ1n) is 2.23. The summed E-state index contributed by atoms with van der Waals surface area (Å²) in [5, 5.41) is 8.87. The van der Waals surface area contributed by atoms with Crippen LogP contribution in [0.2, 0.25) is 0 Å². The van der Waals surface area contributed by atoms with Gasteiger partial charge >= 0.3 is 0 Å². The Kier molecular flexibility index (Phi) is 0.743. The van der Waals surface area contributed by atoms with E-state index in [2.05, 4.69) is 6.58 Å². The number of ether oxygens (including phenoxy) is 1. The molecule has 2 unspecified atom stereocenters. The van der Waals surface area contributed by atoms with Crippen LogP contribution >= 0.6 is 0 Å². The van der Waals surface area contributed by atoms with E-state index in [0.29, 0.717) is 0 Å². The SMILES string of the molecule is C=CC1(O)OC1C. The van der Waals surface area contributed by atoms with Crippen molar-refractivity contribution in [3.63, 3.8) is 0 Å². The maximum Gasteiger partial charge on any atom is 0.212 e. The van der Waals surface area contributed by atoms with Crippen LogP contribution in [-0.2, 0) is 4.74 Å². The number of epoxide rings is 1. The third-order valence-corrected chi connectivity index (χ3v) is 1.18. The van der Waals surface area contributed by atoms with E-state index in [1.165, 1.54) is 6.08 Å². The summed E-state index contributed by atoms with van der Waals surface area (Å²) in [4.78, 5) is 0. The third kappa shape index (κ3) is 0.558. The van der Waals surface area contributed by atoms with Crippen molar-refractivity contribution in [2.45, 2.75) is 18.8 Å². The maximum absolute atomic E-state index is 8.87. The van der Waals surface area contributed by atoms with Crippen LogP contribution in [-0.4, -0.2) is 17.0 Å². The van der Waals surface area contributed by atoms with E-state index in [4.69, 9.17) is 9.84 Å². The van der Waals surface area contributed by atoms with Crippen LogP contribution in [0, 0.1) is 0 Å². The lowest BCUT2D eigenvalue weighted by Gasteiger charge is -1.88. The average molecular weight is 100 g/mol. The molecule has 2 nitrogen and oxygen atoms in total. The summed E-state index contributed by atoms with van der Waals surface area (Å²) < 4.78 is 4.69. The highest BCUT2D eigenvalue weighted by Crippen LogP contribution is 2.33. The molecule has 2 heteroatoms. The van der Waals surface area contributed by atoms with Gasteiger partial charge in [0.1, 0.15) is 6.10 Å². The molecule has 40 valence electrons. The van der Waals surface area contributed by atoms with Gasteiger partial charge in [0.15, 0.2) is 0 Å². The van der Waals surface area contributed by atoms with Gasteiger partial charge in [0.2, 0.25) is 5.79 Å². The van der Waals surface area contributed by atoms with Gasteiger partial charge < -0.3 is 9.84 Å². The lowest BCUT2D eigenvalue weighted by atomic mass is 10.3. The zero-order valence-electron chi connectivity index (χ0n) is 4.22. The first-order chi connectivity index (χ1) is 3.19. The molecule has 0 aromatic rings. The van der Waals surface area contributed by atoms with Crippen LogP contribution in [0.5, 0.6) is 0 Å². The fourth-order valence-electron chi connectivity index (χ4n) is 0.463. The van der Waals surface area contributed by atoms with E-state index in [1.54, 1.807) is 6.92 Å². The van der Waals surface area contributed by atoms with Gasteiger partial charge in [0, 0.05) is 0 Å². The van der Waals surface area contributed by atoms with Crippen molar-refractivity contribution >= 4 is 0 Å². The smallest absolute Gasteiger partial charge is 0.212 e. The minimum absolute atomic E-state index is 0.0509. The number of rotatable bonds is 1. The van der Waals surface area contributed by atoms with Crippen molar-refractivity contribution in [2.24, 2.45) is 0 Å². The van der Waals surface area contributed by atoms with Crippen LogP contribution in [0.1, 0.15) is 6.92 Å². The first-order valence-corrected chi connectivity index (χ1v) is 2.23. The molecule has 0 bridgehead atoms. The summed E-state index contributed by atoms with van der Waals surface area (Å²) >= 11 is 0. The Hall–Kier alpha value is -0.340. The summed E-state index contributed by atoms with van der Waals surface area (Å²) in [6, 6.07) is 0. The molecular formula is C5H8O2. The second-order valence-corrected chi connectivity index (χ2v) is 1.72. The van der Waals surface area contributed by atoms with Crippen LogP contribution in [0.4, 0.5) is 0 Å². The summed E-state index contributed by atoms with van der Waals surface area (Å²) in [5.74, 6) is -0.986. The van der Waals surface area contributed by atoms with E-state index in [0.717, 1.165) is 0 Å². The fraction of sp³-hybridized carbons (Fsp3) is 0.600. The molecule has 1 rings (SSSR count). The quantitative estimate of drug-likeness (QED) is 0.379. The molecule has 0 aromatic carbocycles. The monoisotopic (exact) mass is 100 g/mol. The Balaban J connectivity index is 2.51. The Morgan fingerprint density at radius 2 is 2.43 bits per heavy atom. The Morgan fingerprint density at radius 1 is 2.00 bits per heavy atom. The molecule has 2 atom stereocenters. The summed E-state index contributed by atoms with van der Waals surface area (Å²) in [7, 11) is 0. The van der Waals surface area contributed by atoms with Gasteiger partial charge in [-0.25, -0.2) is 0 Å². The Bertz CT molecular complexity index is 100. The lowest BCUT2D eigenvalue weighted by Crippen LogP contribution is -2.05. The molecule has 0 spiro atoms. The van der Waals surface area contributed by atoms with Gasteiger partial charge in [-0.3, -0.25) is 0 Å². The minimum Gasteiger partial charge on any atom is -0.360 e. The zero-order valence-corrected chi connectivity index (χ0v) is 4.22. The largest absolute Gasteiger partial charge is 0.360 e. The molecule has 7 heavy (non-hydrogen) atoms. The molecule has 1 heterocycles. The highest BCUT2D eigenvalue weighted by molar-refractivity contribution is 5.03. The number of hydrogen-bond donors (Lipinski definition) is 1. The molecule has 1 aliphatic heterocycles. The molecule has 0 aromatic heterocycles. The van der Waals surface area contributed by atoms with Gasteiger partial charge in [0.25, 0.3) is 0 Å². The van der Waals surface area contributed by atoms with Crippen molar-refractivity contribution in [3.05, 3.63) is 12.7 Å². The highest BCUT2D eigenvalue weighted by Gasteiger charge is 2.49. The predicted molar refractivity (Wildman–Crippen MR) is 25.7 cm³/mol. The average Bonchev–Trinajstić information content (AvgIpc) is 2.18. The topological polar surface area (TPSA) is 32.8 Å². The van der Waals surface area contributed by atoms with Crippen molar-refractivity contribution in [2.75, 3.05) is 0 Å². The van der Waals surface area contributed by atoms with E-state index >= 15 is 0 Å². The molecule has 1 saturated heterocycles. The van der Waals surface area contributed by atoms with Crippen molar-refractivity contribution in [1.29, 1.82) is 0 Å². The minimum atomic E-state index is -0.986. The van der Waals surface area contributed by atoms with Gasteiger partial charge in [-0.1, -0.05) is 6.58 Å². The van der Waals surface area contributed by atoms with Crippen LogP contribution in [0.3, 0.4) is 0 Å². The predicted octanol–water partition coefficient (Wildman–Crippen LogP) is 0.280. The van der Waals surface area contributed by atoms with Crippen LogP contribution in [0.25, 0.3) is 0 Å². The summed E-state index contributed by atoms with van der Waals surface area (Å²) in [6.45, 7) is 5.16. The Labute approximate surface area is 42.4 Å². The molecule has 0 amide bonds. The molecule has 1 aliphatic rings. The van der Waals surface area contributed by atoms with E-state index in [-0.39, 0.29) is 6.10 Å². The molecular weight excluding hydrogens is 92.1 g/mol. The molecule has 0 saturated carbocycles. The molecule has 1 N–H and O–H groups in total. The van der Waals surface area contributed by atoms with Gasteiger partial charge in [-0.2, -0.15) is 0 Å². The van der Waals surface area contributed by atoms with E-state index in [9.17, 15) is 0 Å². The van der Waals surface area contributed by atoms with Crippen molar-refractivity contribution in [1.82, 2.24) is 0 Å². The van der Waals surface area contributed by atoms with Crippen LogP contribution in [0.15, 0.2) is 12.7 Å². The lowest BCUT2D eigenvalue weighted by molar-refractivity contribution is 0.0829. The zero-order chi connectivity index (χ0) is 5.49. The number of hydrogen-bond acceptors (Lipinski definition) is 2. The van der Waals surface area contributed by atoms with Gasteiger partial charge in [0.05, 0.1) is 0 Å². The third-order valence-electron chi connectivity index (χ3n) is 1.18. The first kappa shape index (κ1) is 4.81. The summed E-state index contributed by atoms with van der Waals surface area (Å²) in [5.41, 5.74) is 0. The molecule has 1 fully saturated rings. The van der Waals surface area contributed by atoms with Gasteiger partial charge in [-0.05, 0) is 13.0 Å². The van der Waals surface area contributed by atoms with Gasteiger partial charge in [-0.15, -0.1) is 0 Å². The second kappa shape index (κ2) is 1.08. The van der Waals surface area contributed by atoms with Crippen molar-refractivity contribution < 1.29 is 9.84 Å². The Morgan fingerprint density at radius 3 is 2.43 bits per heavy atom. The standard InChI is InChI=1S/C5H8O2/c1-3-5(6)4(2)7-5/h3-4,6H,1H2,2H3. The second-order valence-electron chi connectivity index (χ2n) is 1.72. The normalized spacial score (nSPS) is 48.6. The van der Waals surface area contributed by atoms with Crippen LogP contribution < -0.4 is 0 Å². The van der Waals surface area contributed by atoms with Crippen molar-refractivity contribution in [3.8, 4) is 0 Å². The molecule has 0 aliphatic carbocycles. The fourth-order valence-corrected chi connectivity index (χ4v) is 0.463. The van der Waals surface area contributed by atoms with E-state index in [1.807, 2.05) is 0 Å². The van der Waals surface area contributed by atoms with E-state index < -0.39 is 5.79 Å². The number of aliphatic hydroxyl groups is 1.